The number of nitrogens with two attached hydrogens (primary N) is 1. The second-order valence-corrected chi connectivity index (χ2v) is 7.07. The van der Waals surface area contributed by atoms with Crippen molar-refractivity contribution in [2.24, 2.45) is 0 Å². The molecule has 3 N–H and O–H groups in total. The molecule has 0 fully saturated rings. The maximum atomic E-state index is 12.5. The van der Waals surface area contributed by atoms with E-state index in [4.69, 9.17) is 10.5 Å². The molecular weight excluding hydrogens is 392 g/mol. The Morgan fingerprint density at radius 3 is 2.66 bits per heavy atom. The Morgan fingerprint density at radius 1 is 1.17 bits per heavy atom. The van der Waals surface area contributed by atoms with Gasteiger partial charge >= 0.3 is 5.97 Å². The number of benzene rings is 1. The summed E-state index contributed by atoms with van der Waals surface area (Å²) in [5, 5.41) is 2.66. The molecule has 150 valence electrons. The van der Waals surface area contributed by atoms with Gasteiger partial charge in [-0.2, -0.15) is 0 Å². The Hall–Kier alpha value is -3.46. The number of thiazole rings is 1. The lowest BCUT2D eigenvalue weighted by Gasteiger charge is -2.10. The third-order valence-corrected chi connectivity index (χ3v) is 5.05. The summed E-state index contributed by atoms with van der Waals surface area (Å²) in [5.41, 5.74) is 9.76. The molecule has 0 atom stereocenters. The molecule has 3 aromatic rings. The summed E-state index contributed by atoms with van der Waals surface area (Å²) in [6.45, 7) is 2.41. The van der Waals surface area contributed by atoms with Crippen LogP contribution in [0.2, 0.25) is 0 Å². The number of nitrogens with zero attached hydrogens (tertiary/aromatic N) is 2. The fourth-order valence-electron chi connectivity index (χ4n) is 2.56. The van der Waals surface area contributed by atoms with Crippen LogP contribution in [0.15, 0.2) is 42.0 Å². The predicted molar refractivity (Wildman–Crippen MR) is 110 cm³/mol. The molecule has 0 spiro atoms. The first-order valence-corrected chi connectivity index (χ1v) is 9.62. The van der Waals surface area contributed by atoms with Gasteiger partial charge in [-0.1, -0.05) is 0 Å². The topological polar surface area (TPSA) is 116 Å². The van der Waals surface area contributed by atoms with Crippen LogP contribution in [0.25, 0.3) is 0 Å². The van der Waals surface area contributed by atoms with Crippen molar-refractivity contribution in [2.75, 3.05) is 24.8 Å². The number of rotatable bonds is 7. The standard InChI is InChI=1S/C20H20N4O4S/c1-12-17(29-11-23-12)5-6-28-16-8-14(7-15(21)9-16)19(25)24-18-4-3-13(10-22-18)20(26)27-2/h3-4,7-11H,5-6,21H2,1-2H3,(H,22,24,25). The van der Waals surface area contributed by atoms with Crippen molar-refractivity contribution in [3.63, 3.8) is 0 Å². The quantitative estimate of drug-likeness (QED) is 0.452. The minimum absolute atomic E-state index is 0.293. The maximum Gasteiger partial charge on any atom is 0.339 e. The van der Waals surface area contributed by atoms with Gasteiger partial charge in [0, 0.05) is 34.8 Å². The third-order valence-electron chi connectivity index (χ3n) is 4.06. The number of aryl methyl sites for hydroxylation is 1. The number of esters is 1. The van der Waals surface area contributed by atoms with Crippen molar-refractivity contribution < 1.29 is 19.1 Å². The summed E-state index contributed by atoms with van der Waals surface area (Å²) in [7, 11) is 1.29. The van der Waals surface area contributed by atoms with Crippen LogP contribution in [0.4, 0.5) is 11.5 Å². The van der Waals surface area contributed by atoms with Crippen LogP contribution in [0.5, 0.6) is 5.75 Å². The molecule has 29 heavy (non-hydrogen) atoms. The van der Waals surface area contributed by atoms with Crippen LogP contribution in [-0.4, -0.2) is 35.6 Å². The molecule has 2 heterocycles. The first-order chi connectivity index (χ1) is 14.0. The molecule has 3 rings (SSSR count). The van der Waals surface area contributed by atoms with Gasteiger partial charge in [-0.05, 0) is 31.2 Å². The number of methoxy groups -OCH3 is 1. The van der Waals surface area contributed by atoms with Crippen LogP contribution in [0.3, 0.4) is 0 Å². The summed E-state index contributed by atoms with van der Waals surface area (Å²) in [5.74, 6) is -0.0835. The number of ether oxygens (including phenoxy) is 2. The number of aromatic nitrogens is 2. The van der Waals surface area contributed by atoms with Crippen molar-refractivity contribution >= 4 is 34.7 Å². The molecule has 0 saturated carbocycles. The van der Waals surface area contributed by atoms with Crippen molar-refractivity contribution in [3.05, 3.63) is 63.7 Å². The zero-order valence-corrected chi connectivity index (χ0v) is 16.8. The smallest absolute Gasteiger partial charge is 0.339 e. The highest BCUT2D eigenvalue weighted by molar-refractivity contribution is 7.09. The van der Waals surface area contributed by atoms with Crippen molar-refractivity contribution in [2.45, 2.75) is 13.3 Å². The van der Waals surface area contributed by atoms with Gasteiger partial charge in [0.05, 0.1) is 30.5 Å². The summed E-state index contributed by atoms with van der Waals surface area (Å²) in [6, 6.07) is 7.88. The Morgan fingerprint density at radius 2 is 2.00 bits per heavy atom. The van der Waals surface area contributed by atoms with Crippen molar-refractivity contribution in [3.8, 4) is 5.75 Å². The molecule has 8 nitrogen and oxygen atoms in total. The van der Waals surface area contributed by atoms with Crippen LogP contribution in [-0.2, 0) is 11.2 Å². The molecule has 0 unspecified atom stereocenters. The second kappa shape index (κ2) is 9.16. The highest BCUT2D eigenvalue weighted by Crippen LogP contribution is 2.21. The first kappa shape index (κ1) is 20.3. The zero-order chi connectivity index (χ0) is 20.8. The van der Waals surface area contributed by atoms with E-state index >= 15 is 0 Å². The van der Waals surface area contributed by atoms with Crippen LogP contribution in [0, 0.1) is 6.92 Å². The number of nitrogen functional groups attached to an aromatic ring is 1. The highest BCUT2D eigenvalue weighted by Gasteiger charge is 2.12. The largest absolute Gasteiger partial charge is 0.493 e. The van der Waals surface area contributed by atoms with Crippen molar-refractivity contribution in [1.82, 2.24) is 9.97 Å². The van der Waals surface area contributed by atoms with E-state index in [-0.39, 0.29) is 0 Å². The lowest BCUT2D eigenvalue weighted by molar-refractivity contribution is 0.0600. The zero-order valence-electron chi connectivity index (χ0n) is 16.0. The average molecular weight is 412 g/mol. The lowest BCUT2D eigenvalue weighted by Crippen LogP contribution is -2.14. The van der Waals surface area contributed by atoms with Gasteiger partial charge in [0.2, 0.25) is 0 Å². The van der Waals surface area contributed by atoms with Crippen LogP contribution >= 0.6 is 11.3 Å². The van der Waals surface area contributed by atoms with E-state index in [1.165, 1.54) is 25.4 Å². The fourth-order valence-corrected chi connectivity index (χ4v) is 3.32. The minimum Gasteiger partial charge on any atom is -0.493 e. The van der Waals surface area contributed by atoms with Crippen LogP contribution in [0.1, 0.15) is 31.3 Å². The van der Waals surface area contributed by atoms with E-state index in [1.807, 2.05) is 6.92 Å². The summed E-state index contributed by atoms with van der Waals surface area (Å²) >= 11 is 1.59. The van der Waals surface area contributed by atoms with E-state index in [0.29, 0.717) is 35.0 Å². The van der Waals surface area contributed by atoms with Gasteiger partial charge in [0.25, 0.3) is 5.91 Å². The Kier molecular flexibility index (Phi) is 6.40. The Labute approximate surface area is 171 Å². The van der Waals surface area contributed by atoms with E-state index < -0.39 is 11.9 Å². The number of hydrogen-bond acceptors (Lipinski definition) is 8. The SMILES string of the molecule is COC(=O)c1ccc(NC(=O)c2cc(N)cc(OCCc3scnc3C)c2)nc1. The number of carbonyl (C=O) groups excluding carboxylic acids is 2. The van der Waals surface area contributed by atoms with Gasteiger partial charge in [-0.3, -0.25) is 4.79 Å². The van der Waals surface area contributed by atoms with E-state index in [2.05, 4.69) is 20.0 Å². The Bertz CT molecular complexity index is 1020. The monoisotopic (exact) mass is 412 g/mol. The molecule has 2 aromatic heterocycles. The molecule has 0 radical (unpaired) electrons. The number of nitrogens with one attached hydrogen (secondary N) is 1. The number of amides is 1. The molecule has 0 saturated heterocycles. The number of anilines is 2. The van der Waals surface area contributed by atoms with Gasteiger partial charge in [-0.15, -0.1) is 11.3 Å². The van der Waals surface area contributed by atoms with E-state index in [0.717, 1.165) is 17.0 Å². The first-order valence-electron chi connectivity index (χ1n) is 8.74. The number of hydrogen-bond donors (Lipinski definition) is 2. The maximum absolute atomic E-state index is 12.5. The lowest BCUT2D eigenvalue weighted by atomic mass is 10.1. The van der Waals surface area contributed by atoms with Gasteiger partial charge in [0.15, 0.2) is 0 Å². The summed E-state index contributed by atoms with van der Waals surface area (Å²) in [6.07, 6.45) is 2.06. The molecule has 9 heteroatoms. The van der Waals surface area contributed by atoms with Crippen molar-refractivity contribution in [1.29, 1.82) is 0 Å². The molecule has 1 aromatic carbocycles. The Balaban J connectivity index is 1.64. The van der Waals surface area contributed by atoms with Gasteiger partial charge < -0.3 is 20.5 Å². The predicted octanol–water partition coefficient (Wildman–Crippen LogP) is 3.09. The molecule has 0 aliphatic rings. The molecule has 0 bridgehead atoms. The molecule has 0 aliphatic heterocycles. The van der Waals surface area contributed by atoms with E-state index in [9.17, 15) is 9.59 Å². The molecule has 0 aliphatic carbocycles. The number of carbonyl (C=O) groups is 2. The van der Waals surface area contributed by atoms with Gasteiger partial charge in [0.1, 0.15) is 11.6 Å². The normalized spacial score (nSPS) is 10.4. The second-order valence-electron chi connectivity index (χ2n) is 6.13. The van der Waals surface area contributed by atoms with Gasteiger partial charge in [-0.25, -0.2) is 14.8 Å². The van der Waals surface area contributed by atoms with E-state index in [1.54, 1.807) is 35.0 Å². The average Bonchev–Trinajstić information content (AvgIpc) is 3.12. The fraction of sp³-hybridized carbons (Fsp3) is 0.200. The third kappa shape index (κ3) is 5.29. The number of pyridine rings is 1. The van der Waals surface area contributed by atoms with Crippen LogP contribution < -0.4 is 15.8 Å². The minimum atomic E-state index is -0.499. The summed E-state index contributed by atoms with van der Waals surface area (Å²) < 4.78 is 10.4. The highest BCUT2D eigenvalue weighted by atomic mass is 32.1. The molecule has 1 amide bonds. The molecular formula is C20H20N4O4S. The summed E-state index contributed by atoms with van der Waals surface area (Å²) in [4.78, 5) is 33.4.